The van der Waals surface area contributed by atoms with Crippen LogP contribution in [-0.2, 0) is 17.9 Å². The SMILES string of the molecule is COCCCn1c(C)c2c(=O)n(-c3ccccc3OCc3ccccc3)[nH]c2cc1=O. The van der Waals surface area contributed by atoms with E-state index in [-0.39, 0.29) is 11.1 Å². The fraction of sp³-hybridized carbons (Fsp3) is 0.250. The van der Waals surface area contributed by atoms with Crippen LogP contribution < -0.4 is 15.9 Å². The molecule has 0 atom stereocenters. The highest BCUT2D eigenvalue weighted by molar-refractivity contribution is 5.80. The summed E-state index contributed by atoms with van der Waals surface area (Å²) in [6.45, 7) is 3.23. The van der Waals surface area contributed by atoms with Crippen molar-refractivity contribution in [2.45, 2.75) is 26.5 Å². The van der Waals surface area contributed by atoms with Gasteiger partial charge in [0, 0.05) is 32.0 Å². The predicted molar refractivity (Wildman–Crippen MR) is 120 cm³/mol. The summed E-state index contributed by atoms with van der Waals surface area (Å²) in [6, 6.07) is 18.7. The number of pyridine rings is 1. The molecule has 0 fully saturated rings. The van der Waals surface area contributed by atoms with E-state index < -0.39 is 0 Å². The molecular formula is C24H25N3O4. The van der Waals surface area contributed by atoms with Crippen molar-refractivity contribution in [2.75, 3.05) is 13.7 Å². The minimum absolute atomic E-state index is 0.150. The van der Waals surface area contributed by atoms with Crippen molar-refractivity contribution in [3.05, 3.63) is 92.6 Å². The van der Waals surface area contributed by atoms with E-state index in [9.17, 15) is 9.59 Å². The summed E-state index contributed by atoms with van der Waals surface area (Å²) in [7, 11) is 1.63. The Balaban J connectivity index is 1.74. The number of hydrogen-bond donors (Lipinski definition) is 1. The van der Waals surface area contributed by atoms with Gasteiger partial charge in [0.05, 0.1) is 10.9 Å². The van der Waals surface area contributed by atoms with Gasteiger partial charge in [-0.3, -0.25) is 14.7 Å². The summed E-state index contributed by atoms with van der Waals surface area (Å²) >= 11 is 0. The van der Waals surface area contributed by atoms with Gasteiger partial charge in [-0.2, -0.15) is 0 Å². The summed E-state index contributed by atoms with van der Waals surface area (Å²) in [5, 5.41) is 3.58. The highest BCUT2D eigenvalue weighted by Crippen LogP contribution is 2.23. The molecule has 7 nitrogen and oxygen atoms in total. The lowest BCUT2D eigenvalue weighted by atomic mass is 10.2. The monoisotopic (exact) mass is 419 g/mol. The standard InChI is InChI=1S/C24H25N3O4/c1-17-23-19(15-22(28)26(17)13-8-14-30-2)25-27(24(23)29)20-11-6-7-12-21(20)31-16-18-9-4-3-5-10-18/h3-7,9-12,15,25H,8,13-14,16H2,1-2H3. The third-order valence-corrected chi connectivity index (χ3v) is 5.29. The van der Waals surface area contributed by atoms with E-state index in [1.54, 1.807) is 18.6 Å². The van der Waals surface area contributed by atoms with Gasteiger partial charge in [0.25, 0.3) is 11.1 Å². The Morgan fingerprint density at radius 1 is 1.00 bits per heavy atom. The van der Waals surface area contributed by atoms with Crippen LogP contribution in [0.25, 0.3) is 16.6 Å². The van der Waals surface area contributed by atoms with Crippen LogP contribution in [0.15, 0.2) is 70.3 Å². The molecule has 0 saturated heterocycles. The molecule has 2 heterocycles. The topological polar surface area (TPSA) is 78.2 Å². The van der Waals surface area contributed by atoms with E-state index in [0.29, 0.717) is 54.2 Å². The largest absolute Gasteiger partial charge is 0.487 e. The second-order valence-corrected chi connectivity index (χ2v) is 7.35. The zero-order chi connectivity index (χ0) is 21.8. The maximum absolute atomic E-state index is 13.3. The summed E-state index contributed by atoms with van der Waals surface area (Å²) in [4.78, 5) is 25.9. The minimum atomic E-state index is -0.219. The van der Waals surface area contributed by atoms with Crippen LogP contribution >= 0.6 is 0 Å². The third-order valence-electron chi connectivity index (χ3n) is 5.29. The van der Waals surface area contributed by atoms with Crippen LogP contribution in [0, 0.1) is 6.92 Å². The Morgan fingerprint density at radius 3 is 2.52 bits per heavy atom. The average Bonchev–Trinajstić information content (AvgIpc) is 3.11. The van der Waals surface area contributed by atoms with Crippen molar-refractivity contribution in [3.8, 4) is 11.4 Å². The molecule has 2 aromatic heterocycles. The molecule has 0 amide bonds. The summed E-state index contributed by atoms with van der Waals surface area (Å²) in [5.41, 5.74) is 2.41. The van der Waals surface area contributed by atoms with Gasteiger partial charge >= 0.3 is 0 Å². The molecule has 1 N–H and O–H groups in total. The van der Waals surface area contributed by atoms with E-state index in [2.05, 4.69) is 5.10 Å². The molecule has 0 bridgehead atoms. The molecule has 0 aliphatic rings. The number of nitrogens with zero attached hydrogens (tertiary/aromatic N) is 2. The lowest BCUT2D eigenvalue weighted by molar-refractivity contribution is 0.190. The first kappa shape index (κ1) is 20.7. The maximum atomic E-state index is 13.3. The second kappa shape index (κ2) is 9.06. The van der Waals surface area contributed by atoms with E-state index in [1.165, 1.54) is 10.7 Å². The summed E-state index contributed by atoms with van der Waals surface area (Å²) in [6.07, 6.45) is 0.692. The Hall–Kier alpha value is -3.58. The van der Waals surface area contributed by atoms with Crippen molar-refractivity contribution >= 4 is 10.9 Å². The molecule has 160 valence electrons. The molecule has 0 aliphatic heterocycles. The molecule has 0 spiro atoms. The lowest BCUT2D eigenvalue weighted by Gasteiger charge is -2.11. The molecule has 7 heteroatoms. The molecule has 0 radical (unpaired) electrons. The first-order chi connectivity index (χ1) is 15.1. The number of ether oxygens (including phenoxy) is 2. The number of aromatic amines is 1. The molecular weight excluding hydrogens is 394 g/mol. The molecule has 4 aromatic rings. The van der Waals surface area contributed by atoms with Gasteiger partial charge in [-0.05, 0) is 31.0 Å². The number of aromatic nitrogens is 3. The van der Waals surface area contributed by atoms with Gasteiger partial charge in [0.15, 0.2) is 0 Å². The summed E-state index contributed by atoms with van der Waals surface area (Å²) in [5.74, 6) is 0.577. The quantitative estimate of drug-likeness (QED) is 0.444. The average molecular weight is 419 g/mol. The first-order valence-electron chi connectivity index (χ1n) is 10.2. The maximum Gasteiger partial charge on any atom is 0.281 e. The highest BCUT2D eigenvalue weighted by Gasteiger charge is 2.17. The van der Waals surface area contributed by atoms with Gasteiger partial charge in [-0.25, -0.2) is 4.68 Å². The lowest BCUT2D eigenvalue weighted by Crippen LogP contribution is -2.24. The number of nitrogens with one attached hydrogen (secondary N) is 1. The predicted octanol–water partition coefficient (Wildman–Crippen LogP) is 3.40. The van der Waals surface area contributed by atoms with Gasteiger partial charge < -0.3 is 14.0 Å². The Morgan fingerprint density at radius 2 is 1.74 bits per heavy atom. The zero-order valence-corrected chi connectivity index (χ0v) is 17.6. The van der Waals surface area contributed by atoms with Crippen molar-refractivity contribution in [1.29, 1.82) is 0 Å². The molecule has 0 saturated carbocycles. The third kappa shape index (κ3) is 4.18. The van der Waals surface area contributed by atoms with Crippen LogP contribution in [0.4, 0.5) is 0 Å². The van der Waals surface area contributed by atoms with Gasteiger partial charge in [-0.1, -0.05) is 42.5 Å². The Labute approximate surface area is 179 Å². The van der Waals surface area contributed by atoms with Gasteiger partial charge in [0.2, 0.25) is 0 Å². The van der Waals surface area contributed by atoms with Crippen LogP contribution in [0.1, 0.15) is 17.7 Å². The number of para-hydroxylation sites is 2. The van der Waals surface area contributed by atoms with Crippen molar-refractivity contribution < 1.29 is 9.47 Å². The van der Waals surface area contributed by atoms with Crippen molar-refractivity contribution in [3.63, 3.8) is 0 Å². The number of aryl methyl sites for hydroxylation is 1. The van der Waals surface area contributed by atoms with Crippen LogP contribution in [0.3, 0.4) is 0 Å². The smallest absolute Gasteiger partial charge is 0.281 e. The van der Waals surface area contributed by atoms with Gasteiger partial charge in [-0.15, -0.1) is 0 Å². The molecule has 4 rings (SSSR count). The van der Waals surface area contributed by atoms with E-state index in [1.807, 2.05) is 54.6 Å². The van der Waals surface area contributed by atoms with E-state index in [4.69, 9.17) is 9.47 Å². The van der Waals surface area contributed by atoms with Crippen molar-refractivity contribution in [1.82, 2.24) is 14.3 Å². The molecule has 2 aromatic carbocycles. The number of fused-ring (bicyclic) bond motifs is 1. The summed E-state index contributed by atoms with van der Waals surface area (Å²) < 4.78 is 14.2. The van der Waals surface area contributed by atoms with E-state index in [0.717, 1.165) is 5.56 Å². The van der Waals surface area contributed by atoms with Crippen LogP contribution in [-0.4, -0.2) is 28.1 Å². The zero-order valence-electron chi connectivity index (χ0n) is 17.6. The molecule has 31 heavy (non-hydrogen) atoms. The number of rotatable bonds is 8. The van der Waals surface area contributed by atoms with Crippen molar-refractivity contribution in [2.24, 2.45) is 0 Å². The number of H-pyrrole nitrogens is 1. The first-order valence-corrected chi connectivity index (χ1v) is 10.2. The van der Waals surface area contributed by atoms with Gasteiger partial charge in [0.1, 0.15) is 18.0 Å². The fourth-order valence-corrected chi connectivity index (χ4v) is 3.72. The molecule has 0 aliphatic carbocycles. The van der Waals surface area contributed by atoms with Crippen LogP contribution in [0.2, 0.25) is 0 Å². The number of methoxy groups -OCH3 is 1. The van der Waals surface area contributed by atoms with E-state index >= 15 is 0 Å². The Kier molecular flexibility index (Phi) is 6.04. The second-order valence-electron chi connectivity index (χ2n) is 7.35. The Bertz CT molecular complexity index is 1300. The normalized spacial score (nSPS) is 11.2. The highest BCUT2D eigenvalue weighted by atomic mass is 16.5. The number of benzene rings is 2. The number of hydrogen-bond acceptors (Lipinski definition) is 4. The van der Waals surface area contributed by atoms with Crippen LogP contribution in [0.5, 0.6) is 5.75 Å². The minimum Gasteiger partial charge on any atom is -0.487 e. The molecule has 0 unspecified atom stereocenters. The fourth-order valence-electron chi connectivity index (χ4n) is 3.72.